The second-order valence-corrected chi connectivity index (χ2v) is 4.44. The van der Waals surface area contributed by atoms with E-state index >= 15 is 0 Å². The molecule has 4 heteroatoms. The molecule has 0 heterocycles. The number of nitrogens with one attached hydrogen (secondary N) is 1. The second-order valence-electron chi connectivity index (χ2n) is 4.44. The summed E-state index contributed by atoms with van der Waals surface area (Å²) in [6.07, 6.45) is 1.47. The van der Waals surface area contributed by atoms with Crippen molar-refractivity contribution in [1.29, 1.82) is 0 Å². The van der Waals surface area contributed by atoms with Gasteiger partial charge in [0.1, 0.15) is 5.75 Å². The third kappa shape index (κ3) is 5.68. The van der Waals surface area contributed by atoms with Crippen LogP contribution >= 0.6 is 0 Å². The summed E-state index contributed by atoms with van der Waals surface area (Å²) in [7, 11) is 0. The molecule has 2 N–H and O–H groups in total. The van der Waals surface area contributed by atoms with Crippen molar-refractivity contribution in [3.8, 4) is 5.75 Å². The Morgan fingerprint density at radius 1 is 1.39 bits per heavy atom. The molecule has 0 aromatic heterocycles. The zero-order chi connectivity index (χ0) is 13.4. The largest absolute Gasteiger partial charge is 0.484 e. The maximum Gasteiger partial charge on any atom is 0.258 e. The minimum atomic E-state index is -0.138. The first-order chi connectivity index (χ1) is 8.61. The van der Waals surface area contributed by atoms with Gasteiger partial charge in [0.15, 0.2) is 6.61 Å². The van der Waals surface area contributed by atoms with Gasteiger partial charge in [0.2, 0.25) is 0 Å². The van der Waals surface area contributed by atoms with Gasteiger partial charge in [0, 0.05) is 12.6 Å². The van der Waals surface area contributed by atoms with Crippen molar-refractivity contribution < 1.29 is 14.6 Å². The fourth-order valence-electron chi connectivity index (χ4n) is 1.57. The molecule has 0 radical (unpaired) electrons. The van der Waals surface area contributed by atoms with Crippen LogP contribution in [0.25, 0.3) is 0 Å². The minimum absolute atomic E-state index is 0.0204. The number of ether oxygens (including phenoxy) is 1. The van der Waals surface area contributed by atoms with E-state index in [2.05, 4.69) is 5.32 Å². The number of aliphatic hydroxyl groups is 1. The molecule has 0 aliphatic carbocycles. The summed E-state index contributed by atoms with van der Waals surface area (Å²) in [4.78, 5) is 11.6. The van der Waals surface area contributed by atoms with Crippen molar-refractivity contribution >= 4 is 5.91 Å². The van der Waals surface area contributed by atoms with Gasteiger partial charge >= 0.3 is 0 Å². The zero-order valence-electron chi connectivity index (χ0n) is 11.0. The zero-order valence-corrected chi connectivity index (χ0v) is 11.0. The Morgan fingerprint density at radius 3 is 2.67 bits per heavy atom. The van der Waals surface area contributed by atoms with E-state index in [0.717, 1.165) is 12.0 Å². The number of carbonyl (C=O) groups excluding carboxylic acids is 1. The Morgan fingerprint density at radius 2 is 2.06 bits per heavy atom. The van der Waals surface area contributed by atoms with Gasteiger partial charge in [0.05, 0.1) is 0 Å². The van der Waals surface area contributed by atoms with E-state index in [1.165, 1.54) is 0 Å². The molecule has 1 rings (SSSR count). The van der Waals surface area contributed by atoms with Crippen LogP contribution in [0.5, 0.6) is 5.75 Å². The van der Waals surface area contributed by atoms with Crippen molar-refractivity contribution in [2.45, 2.75) is 32.7 Å². The lowest BCUT2D eigenvalue weighted by atomic mass is 10.2. The Kier molecular flexibility index (Phi) is 6.22. The SMILES string of the molecule is Cc1ccc(OCC(=O)NC(C)CCCO)cc1. The molecule has 0 spiro atoms. The Bertz CT molecular complexity index is 362. The van der Waals surface area contributed by atoms with Crippen LogP contribution in [0.3, 0.4) is 0 Å². The molecule has 18 heavy (non-hydrogen) atoms. The molecule has 0 fully saturated rings. The van der Waals surface area contributed by atoms with Crippen LogP contribution in [-0.4, -0.2) is 30.3 Å². The molecule has 0 saturated carbocycles. The molecule has 0 bridgehead atoms. The van der Waals surface area contributed by atoms with Gasteiger partial charge in [-0.25, -0.2) is 0 Å². The van der Waals surface area contributed by atoms with Gasteiger partial charge in [-0.2, -0.15) is 0 Å². The molecular formula is C14H21NO3. The predicted molar refractivity (Wildman–Crippen MR) is 70.6 cm³/mol. The standard InChI is InChI=1S/C14H21NO3/c1-11-5-7-13(8-6-11)18-10-14(17)15-12(2)4-3-9-16/h5-8,12,16H,3-4,9-10H2,1-2H3,(H,15,17). The lowest BCUT2D eigenvalue weighted by Gasteiger charge is -2.13. The van der Waals surface area contributed by atoms with Crippen molar-refractivity contribution in [2.24, 2.45) is 0 Å². The van der Waals surface area contributed by atoms with Crippen LogP contribution in [-0.2, 0) is 4.79 Å². The van der Waals surface area contributed by atoms with Gasteiger partial charge < -0.3 is 15.2 Å². The number of hydrogen-bond donors (Lipinski definition) is 2. The summed E-state index contributed by atoms with van der Waals surface area (Å²) < 4.78 is 5.37. The molecule has 0 aliphatic rings. The number of hydrogen-bond acceptors (Lipinski definition) is 3. The van der Waals surface area contributed by atoms with Crippen LogP contribution in [0, 0.1) is 6.92 Å². The van der Waals surface area contributed by atoms with E-state index in [0.29, 0.717) is 12.2 Å². The molecule has 100 valence electrons. The van der Waals surface area contributed by atoms with E-state index in [1.807, 2.05) is 38.1 Å². The van der Waals surface area contributed by atoms with E-state index in [9.17, 15) is 4.79 Å². The van der Waals surface area contributed by atoms with Crippen LogP contribution in [0.2, 0.25) is 0 Å². The Labute approximate surface area is 108 Å². The molecule has 1 unspecified atom stereocenters. The summed E-state index contributed by atoms with van der Waals surface area (Å²) in [5.74, 6) is 0.555. The van der Waals surface area contributed by atoms with Gasteiger partial charge in [-0.15, -0.1) is 0 Å². The Balaban J connectivity index is 2.26. The second kappa shape index (κ2) is 7.71. The topological polar surface area (TPSA) is 58.6 Å². The predicted octanol–water partition coefficient (Wildman–Crippen LogP) is 1.65. The van der Waals surface area contributed by atoms with Crippen LogP contribution < -0.4 is 10.1 Å². The third-order valence-electron chi connectivity index (χ3n) is 2.59. The smallest absolute Gasteiger partial charge is 0.258 e. The van der Waals surface area contributed by atoms with E-state index in [-0.39, 0.29) is 25.2 Å². The van der Waals surface area contributed by atoms with Gasteiger partial charge in [-0.3, -0.25) is 4.79 Å². The van der Waals surface area contributed by atoms with E-state index in [1.54, 1.807) is 0 Å². The monoisotopic (exact) mass is 251 g/mol. The molecule has 0 aliphatic heterocycles. The average molecular weight is 251 g/mol. The van der Waals surface area contributed by atoms with Gasteiger partial charge in [-0.05, 0) is 38.8 Å². The highest BCUT2D eigenvalue weighted by molar-refractivity contribution is 5.77. The highest BCUT2D eigenvalue weighted by atomic mass is 16.5. The van der Waals surface area contributed by atoms with Crippen molar-refractivity contribution in [3.63, 3.8) is 0 Å². The molecule has 0 saturated heterocycles. The van der Waals surface area contributed by atoms with Crippen LogP contribution in [0.15, 0.2) is 24.3 Å². The molecule has 4 nitrogen and oxygen atoms in total. The molecule has 1 amide bonds. The number of carbonyl (C=O) groups is 1. The molecule has 1 atom stereocenters. The quantitative estimate of drug-likeness (QED) is 0.774. The number of benzene rings is 1. The Hall–Kier alpha value is -1.55. The normalized spacial score (nSPS) is 11.9. The fourth-order valence-corrected chi connectivity index (χ4v) is 1.57. The van der Waals surface area contributed by atoms with Crippen molar-refractivity contribution in [2.75, 3.05) is 13.2 Å². The average Bonchev–Trinajstić information content (AvgIpc) is 2.35. The lowest BCUT2D eigenvalue weighted by molar-refractivity contribution is -0.123. The molecular weight excluding hydrogens is 230 g/mol. The van der Waals surface area contributed by atoms with Crippen LogP contribution in [0.1, 0.15) is 25.3 Å². The molecule has 1 aromatic carbocycles. The maximum absolute atomic E-state index is 11.6. The summed E-state index contributed by atoms with van der Waals surface area (Å²) in [5, 5.41) is 11.5. The fraction of sp³-hybridized carbons (Fsp3) is 0.500. The lowest BCUT2D eigenvalue weighted by Crippen LogP contribution is -2.36. The summed E-state index contributed by atoms with van der Waals surface area (Å²) in [6.45, 7) is 4.09. The summed E-state index contributed by atoms with van der Waals surface area (Å²) in [6, 6.07) is 7.63. The first-order valence-corrected chi connectivity index (χ1v) is 6.21. The van der Waals surface area contributed by atoms with Gasteiger partial charge in [-0.1, -0.05) is 17.7 Å². The van der Waals surface area contributed by atoms with Crippen molar-refractivity contribution in [1.82, 2.24) is 5.32 Å². The van der Waals surface area contributed by atoms with Crippen LogP contribution in [0.4, 0.5) is 0 Å². The maximum atomic E-state index is 11.6. The van der Waals surface area contributed by atoms with Crippen molar-refractivity contribution in [3.05, 3.63) is 29.8 Å². The minimum Gasteiger partial charge on any atom is -0.484 e. The van der Waals surface area contributed by atoms with Gasteiger partial charge in [0.25, 0.3) is 5.91 Å². The first-order valence-electron chi connectivity index (χ1n) is 6.21. The highest BCUT2D eigenvalue weighted by Gasteiger charge is 2.07. The molecule has 1 aromatic rings. The summed E-state index contributed by atoms with van der Waals surface area (Å²) in [5.41, 5.74) is 1.16. The first kappa shape index (κ1) is 14.5. The van der Waals surface area contributed by atoms with E-state index in [4.69, 9.17) is 9.84 Å². The van der Waals surface area contributed by atoms with E-state index < -0.39 is 0 Å². The number of aryl methyl sites for hydroxylation is 1. The number of aliphatic hydroxyl groups excluding tert-OH is 1. The number of amides is 1. The highest BCUT2D eigenvalue weighted by Crippen LogP contribution is 2.10. The third-order valence-corrected chi connectivity index (χ3v) is 2.59. The summed E-state index contributed by atoms with van der Waals surface area (Å²) >= 11 is 0. The number of rotatable bonds is 7.